The number of ether oxygens (including phenoxy) is 1. The summed E-state index contributed by atoms with van der Waals surface area (Å²) in [5.74, 6) is 1.16. The van der Waals surface area contributed by atoms with Crippen LogP contribution in [0.2, 0.25) is 0 Å². The van der Waals surface area contributed by atoms with Crippen molar-refractivity contribution < 1.29 is 13.9 Å². The molecular formula is C15H17N3O3S. The van der Waals surface area contributed by atoms with Crippen LogP contribution in [0.25, 0.3) is 11.5 Å². The van der Waals surface area contributed by atoms with E-state index in [1.54, 1.807) is 6.08 Å². The lowest BCUT2D eigenvalue weighted by Crippen LogP contribution is -2.24. The first kappa shape index (κ1) is 16.1. The average Bonchev–Trinajstić information content (AvgIpc) is 3.00. The van der Waals surface area contributed by atoms with E-state index in [4.69, 9.17) is 9.15 Å². The number of nitrogens with one attached hydrogen (secondary N) is 1. The van der Waals surface area contributed by atoms with Crippen LogP contribution in [0.15, 0.2) is 46.6 Å². The Kier molecular flexibility index (Phi) is 6.02. The maximum absolute atomic E-state index is 11.5. The number of benzene rings is 1. The molecule has 6 nitrogen and oxygen atoms in total. The predicted molar refractivity (Wildman–Crippen MR) is 84.8 cm³/mol. The van der Waals surface area contributed by atoms with E-state index in [0.717, 1.165) is 5.56 Å². The van der Waals surface area contributed by atoms with Crippen LogP contribution in [0.4, 0.5) is 0 Å². The van der Waals surface area contributed by atoms with E-state index < -0.39 is 0 Å². The van der Waals surface area contributed by atoms with Gasteiger partial charge in [0.25, 0.3) is 11.1 Å². The van der Waals surface area contributed by atoms with E-state index in [-0.39, 0.29) is 11.7 Å². The Hall–Kier alpha value is -2.28. The second-order valence-electron chi connectivity index (χ2n) is 4.18. The fourth-order valence-electron chi connectivity index (χ4n) is 1.67. The molecule has 2 rings (SSSR count). The Bertz CT molecular complexity index is 642. The molecule has 1 aromatic heterocycles. The van der Waals surface area contributed by atoms with Gasteiger partial charge in [-0.3, -0.25) is 4.79 Å². The Morgan fingerprint density at radius 1 is 1.45 bits per heavy atom. The standard InChI is InChI=1S/C15H17N3O3S/c1-3-9-16-13(19)10-22-15-18-17-14(21-15)11-7-5-6-8-12(11)20-4-2/h3,5-8H,1,4,9-10H2,2H3,(H,16,19). The number of rotatable bonds is 8. The molecule has 0 saturated carbocycles. The zero-order valence-corrected chi connectivity index (χ0v) is 13.1. The lowest BCUT2D eigenvalue weighted by molar-refractivity contribution is -0.118. The highest BCUT2D eigenvalue weighted by Gasteiger charge is 2.14. The SMILES string of the molecule is C=CCNC(=O)CSc1nnc(-c2ccccc2OCC)o1. The van der Waals surface area contributed by atoms with Crippen LogP contribution in [0, 0.1) is 0 Å². The summed E-state index contributed by atoms with van der Waals surface area (Å²) >= 11 is 1.19. The zero-order valence-electron chi connectivity index (χ0n) is 12.2. The lowest BCUT2D eigenvalue weighted by atomic mass is 10.2. The molecule has 1 heterocycles. The molecule has 0 bridgehead atoms. The fourth-order valence-corrected chi connectivity index (χ4v) is 2.26. The summed E-state index contributed by atoms with van der Waals surface area (Å²) in [4.78, 5) is 11.5. The first-order chi connectivity index (χ1) is 10.7. The summed E-state index contributed by atoms with van der Waals surface area (Å²) in [6, 6.07) is 7.45. The van der Waals surface area contributed by atoms with E-state index >= 15 is 0 Å². The molecule has 2 aromatic rings. The molecule has 1 aromatic carbocycles. The van der Waals surface area contributed by atoms with Crippen molar-refractivity contribution in [2.75, 3.05) is 18.9 Å². The minimum atomic E-state index is -0.112. The maximum atomic E-state index is 11.5. The molecule has 1 amide bonds. The van der Waals surface area contributed by atoms with E-state index in [1.807, 2.05) is 31.2 Å². The molecule has 22 heavy (non-hydrogen) atoms. The number of para-hydroxylation sites is 1. The summed E-state index contributed by atoms with van der Waals surface area (Å²) in [5, 5.41) is 11.0. The topological polar surface area (TPSA) is 77.2 Å². The Balaban J connectivity index is 2.02. The fraction of sp³-hybridized carbons (Fsp3) is 0.267. The van der Waals surface area contributed by atoms with Gasteiger partial charge in [0, 0.05) is 6.54 Å². The van der Waals surface area contributed by atoms with Crippen LogP contribution < -0.4 is 10.1 Å². The monoisotopic (exact) mass is 319 g/mol. The number of aromatic nitrogens is 2. The molecule has 0 aliphatic rings. The van der Waals surface area contributed by atoms with Crippen LogP contribution >= 0.6 is 11.8 Å². The first-order valence-corrected chi connectivity index (χ1v) is 7.79. The summed E-state index contributed by atoms with van der Waals surface area (Å²) < 4.78 is 11.1. The Morgan fingerprint density at radius 3 is 3.05 bits per heavy atom. The molecule has 7 heteroatoms. The van der Waals surface area contributed by atoms with Crippen LogP contribution in [-0.4, -0.2) is 35.0 Å². The number of hydrogen-bond acceptors (Lipinski definition) is 6. The number of carbonyl (C=O) groups is 1. The molecule has 0 aliphatic heterocycles. The summed E-state index contributed by atoms with van der Waals surface area (Å²) in [6.45, 7) is 6.44. The number of hydrogen-bond donors (Lipinski definition) is 1. The van der Waals surface area contributed by atoms with Crippen molar-refractivity contribution in [2.24, 2.45) is 0 Å². The van der Waals surface area contributed by atoms with Gasteiger partial charge in [-0.2, -0.15) is 0 Å². The van der Waals surface area contributed by atoms with Crippen molar-refractivity contribution in [3.63, 3.8) is 0 Å². The number of nitrogens with zero attached hydrogens (tertiary/aromatic N) is 2. The molecule has 0 spiro atoms. The van der Waals surface area contributed by atoms with Gasteiger partial charge in [-0.05, 0) is 19.1 Å². The molecule has 116 valence electrons. The minimum absolute atomic E-state index is 0.112. The molecule has 1 N–H and O–H groups in total. The van der Waals surface area contributed by atoms with Crippen LogP contribution in [0.5, 0.6) is 5.75 Å². The van der Waals surface area contributed by atoms with Crippen molar-refractivity contribution in [2.45, 2.75) is 12.1 Å². The second kappa shape index (κ2) is 8.23. The lowest BCUT2D eigenvalue weighted by Gasteiger charge is -2.06. The highest BCUT2D eigenvalue weighted by molar-refractivity contribution is 7.99. The van der Waals surface area contributed by atoms with Gasteiger partial charge < -0.3 is 14.5 Å². The van der Waals surface area contributed by atoms with Gasteiger partial charge in [-0.25, -0.2) is 0 Å². The third kappa shape index (κ3) is 4.36. The highest BCUT2D eigenvalue weighted by atomic mass is 32.2. The smallest absolute Gasteiger partial charge is 0.277 e. The Labute approximate surface area is 133 Å². The molecule has 0 fully saturated rings. The summed E-state index contributed by atoms with van der Waals surface area (Å²) in [7, 11) is 0. The predicted octanol–water partition coefficient (Wildman–Crippen LogP) is 2.53. The van der Waals surface area contributed by atoms with Crippen molar-refractivity contribution in [1.82, 2.24) is 15.5 Å². The Morgan fingerprint density at radius 2 is 2.27 bits per heavy atom. The quantitative estimate of drug-likeness (QED) is 0.595. The van der Waals surface area contributed by atoms with Crippen LogP contribution in [0.1, 0.15) is 6.92 Å². The van der Waals surface area contributed by atoms with E-state index in [0.29, 0.717) is 30.0 Å². The van der Waals surface area contributed by atoms with Crippen LogP contribution in [-0.2, 0) is 4.79 Å². The van der Waals surface area contributed by atoms with Crippen molar-refractivity contribution in [1.29, 1.82) is 0 Å². The van der Waals surface area contributed by atoms with Crippen molar-refractivity contribution in [3.05, 3.63) is 36.9 Å². The largest absolute Gasteiger partial charge is 0.493 e. The molecule has 0 aliphatic carbocycles. The average molecular weight is 319 g/mol. The third-order valence-corrected chi connectivity index (χ3v) is 3.41. The number of carbonyl (C=O) groups excluding carboxylic acids is 1. The minimum Gasteiger partial charge on any atom is -0.493 e. The van der Waals surface area contributed by atoms with E-state index in [9.17, 15) is 4.79 Å². The normalized spacial score (nSPS) is 10.2. The molecule has 0 unspecified atom stereocenters. The molecule has 0 radical (unpaired) electrons. The van der Waals surface area contributed by atoms with Crippen LogP contribution in [0.3, 0.4) is 0 Å². The molecule has 0 atom stereocenters. The van der Waals surface area contributed by atoms with Gasteiger partial charge >= 0.3 is 0 Å². The molecule has 0 saturated heterocycles. The first-order valence-electron chi connectivity index (χ1n) is 6.80. The zero-order chi connectivity index (χ0) is 15.8. The van der Waals surface area contributed by atoms with Gasteiger partial charge in [0.15, 0.2) is 0 Å². The van der Waals surface area contributed by atoms with E-state index in [2.05, 4.69) is 22.1 Å². The van der Waals surface area contributed by atoms with Crippen molar-refractivity contribution in [3.8, 4) is 17.2 Å². The van der Waals surface area contributed by atoms with Crippen molar-refractivity contribution >= 4 is 17.7 Å². The second-order valence-corrected chi connectivity index (χ2v) is 5.11. The highest BCUT2D eigenvalue weighted by Crippen LogP contribution is 2.30. The van der Waals surface area contributed by atoms with E-state index in [1.165, 1.54) is 11.8 Å². The maximum Gasteiger partial charge on any atom is 0.277 e. The number of thioether (sulfide) groups is 1. The number of amides is 1. The van der Waals surface area contributed by atoms with Gasteiger partial charge in [0.1, 0.15) is 5.75 Å². The third-order valence-electron chi connectivity index (χ3n) is 2.59. The summed E-state index contributed by atoms with van der Waals surface area (Å²) in [5.41, 5.74) is 0.736. The van der Waals surface area contributed by atoms with Gasteiger partial charge in [-0.15, -0.1) is 16.8 Å². The summed E-state index contributed by atoms with van der Waals surface area (Å²) in [6.07, 6.45) is 1.62. The van der Waals surface area contributed by atoms with Gasteiger partial charge in [-0.1, -0.05) is 30.0 Å². The van der Waals surface area contributed by atoms with Gasteiger partial charge in [0.05, 0.1) is 17.9 Å². The van der Waals surface area contributed by atoms with Gasteiger partial charge in [0.2, 0.25) is 5.91 Å². The molecular weight excluding hydrogens is 302 g/mol.